The molecule has 1 atom stereocenters. The van der Waals surface area contributed by atoms with Crippen molar-refractivity contribution in [2.45, 2.75) is 12.7 Å². The molecule has 0 saturated carbocycles. The molecule has 0 spiro atoms. The number of carbonyl (C=O) groups is 2. The van der Waals surface area contributed by atoms with Crippen LogP contribution >= 0.6 is 7.60 Å². The van der Waals surface area contributed by atoms with Gasteiger partial charge in [0.1, 0.15) is 18.4 Å². The lowest BCUT2D eigenvalue weighted by molar-refractivity contribution is -0.139. The number of esters is 1. The molecule has 0 bridgehead atoms. The molecule has 9 heteroatoms. The topological polar surface area (TPSA) is 100 Å². The number of nitrogens with one attached hydrogen (secondary N) is 1. The van der Waals surface area contributed by atoms with E-state index < -0.39 is 25.8 Å². The van der Waals surface area contributed by atoms with Crippen molar-refractivity contribution in [3.63, 3.8) is 0 Å². The molecule has 1 aliphatic heterocycles. The summed E-state index contributed by atoms with van der Waals surface area (Å²) in [6.45, 7) is 0.0704. The van der Waals surface area contributed by atoms with Gasteiger partial charge in [-0.05, 0) is 11.6 Å². The molecule has 24 heavy (non-hydrogen) atoms. The standard InChI is InChI=1S/C15H18NO7P/c1-20-24(19,21-2)10-12-8-13(14(17)23-12)16-15(18)22-9-11-6-4-3-5-7-11/h3-8,12H,9-10H2,1-2H3,(H,16,18)/t12-/m0/s1. The molecule has 1 N–H and O–H groups in total. The summed E-state index contributed by atoms with van der Waals surface area (Å²) in [5, 5.41) is 2.30. The van der Waals surface area contributed by atoms with Crippen LogP contribution in [0, 0.1) is 0 Å². The van der Waals surface area contributed by atoms with Crippen LogP contribution in [0.3, 0.4) is 0 Å². The summed E-state index contributed by atoms with van der Waals surface area (Å²) in [4.78, 5) is 23.5. The summed E-state index contributed by atoms with van der Waals surface area (Å²) in [5.74, 6) is -0.740. The lowest BCUT2D eigenvalue weighted by atomic mass is 10.2. The summed E-state index contributed by atoms with van der Waals surface area (Å²) in [7, 11) is -0.854. The van der Waals surface area contributed by atoms with Crippen molar-refractivity contribution in [2.75, 3.05) is 20.4 Å². The Morgan fingerprint density at radius 2 is 1.92 bits per heavy atom. The first kappa shape index (κ1) is 18.2. The number of carbonyl (C=O) groups excluding carboxylic acids is 2. The second-order valence-corrected chi connectivity index (χ2v) is 7.19. The molecule has 130 valence electrons. The fourth-order valence-corrected chi connectivity index (χ4v) is 3.05. The Kier molecular flexibility index (Phi) is 6.14. The van der Waals surface area contributed by atoms with E-state index in [9.17, 15) is 14.2 Å². The first-order valence-electron chi connectivity index (χ1n) is 7.07. The molecule has 1 heterocycles. The summed E-state index contributed by atoms with van der Waals surface area (Å²) in [6, 6.07) is 9.10. The van der Waals surface area contributed by atoms with Crippen LogP contribution in [-0.4, -0.2) is 38.5 Å². The van der Waals surface area contributed by atoms with E-state index in [-0.39, 0.29) is 18.5 Å². The third kappa shape index (κ3) is 4.92. The molecule has 8 nitrogen and oxygen atoms in total. The van der Waals surface area contributed by atoms with Crippen LogP contribution < -0.4 is 5.32 Å². The fraction of sp³-hybridized carbons (Fsp3) is 0.333. The molecule has 1 aliphatic rings. The molecular weight excluding hydrogens is 337 g/mol. The number of ether oxygens (including phenoxy) is 2. The van der Waals surface area contributed by atoms with Gasteiger partial charge >= 0.3 is 19.7 Å². The summed E-state index contributed by atoms with van der Waals surface area (Å²) in [6.07, 6.45) is -0.399. The Balaban J connectivity index is 1.89. The predicted octanol–water partition coefficient (Wildman–Crippen LogP) is 2.21. The van der Waals surface area contributed by atoms with Gasteiger partial charge in [-0.15, -0.1) is 0 Å². The molecule has 1 amide bonds. The first-order valence-corrected chi connectivity index (χ1v) is 8.79. The average Bonchev–Trinajstić information content (AvgIpc) is 2.92. The van der Waals surface area contributed by atoms with E-state index in [2.05, 4.69) is 5.32 Å². The van der Waals surface area contributed by atoms with Gasteiger partial charge in [-0.1, -0.05) is 30.3 Å². The van der Waals surface area contributed by atoms with Crippen LogP contribution in [0.5, 0.6) is 0 Å². The van der Waals surface area contributed by atoms with Gasteiger partial charge in [0, 0.05) is 14.2 Å². The lowest BCUT2D eigenvalue weighted by Crippen LogP contribution is -2.26. The average molecular weight is 355 g/mol. The molecule has 1 aromatic carbocycles. The SMILES string of the molecule is COP(=O)(C[C@@H]1C=C(NC(=O)OCc2ccccc2)C(=O)O1)OC. The van der Waals surface area contributed by atoms with Gasteiger partial charge in [0.25, 0.3) is 0 Å². The lowest BCUT2D eigenvalue weighted by Gasteiger charge is -2.15. The second kappa shape index (κ2) is 8.10. The van der Waals surface area contributed by atoms with Crippen molar-refractivity contribution in [1.29, 1.82) is 0 Å². The van der Waals surface area contributed by atoms with E-state index >= 15 is 0 Å². The highest BCUT2D eigenvalue weighted by Gasteiger charge is 2.34. The zero-order valence-corrected chi connectivity index (χ0v) is 14.2. The number of hydrogen-bond acceptors (Lipinski definition) is 7. The number of cyclic esters (lactones) is 1. The highest BCUT2D eigenvalue weighted by atomic mass is 31.2. The van der Waals surface area contributed by atoms with E-state index in [4.69, 9.17) is 18.5 Å². The van der Waals surface area contributed by atoms with E-state index in [1.54, 1.807) is 12.1 Å². The largest absolute Gasteiger partial charge is 0.453 e. The fourth-order valence-electron chi connectivity index (χ4n) is 1.98. The normalized spacial score (nSPS) is 17.2. The molecule has 0 radical (unpaired) electrons. The Bertz CT molecular complexity index is 666. The van der Waals surface area contributed by atoms with Crippen molar-refractivity contribution >= 4 is 19.7 Å². The third-order valence-corrected chi connectivity index (χ3v) is 5.16. The van der Waals surface area contributed by atoms with Crippen LogP contribution in [0.25, 0.3) is 0 Å². The summed E-state index contributed by atoms with van der Waals surface area (Å²) < 4.78 is 31.6. The van der Waals surface area contributed by atoms with Crippen LogP contribution in [0.2, 0.25) is 0 Å². The van der Waals surface area contributed by atoms with Gasteiger partial charge in [0.15, 0.2) is 0 Å². The number of alkyl carbamates (subject to hydrolysis) is 1. The third-order valence-electron chi connectivity index (χ3n) is 3.24. The quantitative estimate of drug-likeness (QED) is 0.591. The minimum Gasteiger partial charge on any atom is -0.453 e. The number of rotatable bonds is 7. The zero-order chi connectivity index (χ0) is 17.6. The van der Waals surface area contributed by atoms with Crippen molar-refractivity contribution in [3.8, 4) is 0 Å². The van der Waals surface area contributed by atoms with Crippen LogP contribution in [-0.2, 0) is 34.5 Å². The second-order valence-electron chi connectivity index (χ2n) is 4.87. The molecule has 2 rings (SSSR count). The van der Waals surface area contributed by atoms with E-state index in [0.717, 1.165) is 5.56 Å². The maximum absolute atomic E-state index is 12.0. The maximum Gasteiger partial charge on any atom is 0.412 e. The van der Waals surface area contributed by atoms with Gasteiger partial charge in [0.05, 0.1) is 6.16 Å². The minimum atomic E-state index is -3.34. The highest BCUT2D eigenvalue weighted by molar-refractivity contribution is 7.53. The highest BCUT2D eigenvalue weighted by Crippen LogP contribution is 2.47. The monoisotopic (exact) mass is 355 g/mol. The molecule has 1 aromatic rings. The van der Waals surface area contributed by atoms with Gasteiger partial charge < -0.3 is 18.5 Å². The van der Waals surface area contributed by atoms with E-state index in [1.807, 2.05) is 18.2 Å². The minimum absolute atomic E-state index is 0.0704. The molecule has 0 fully saturated rings. The Labute approximate surface area is 139 Å². The van der Waals surface area contributed by atoms with Crippen LogP contribution in [0.4, 0.5) is 4.79 Å². The number of benzene rings is 1. The molecule has 0 aliphatic carbocycles. The predicted molar refractivity (Wildman–Crippen MR) is 84.2 cm³/mol. The van der Waals surface area contributed by atoms with Crippen LogP contribution in [0.1, 0.15) is 5.56 Å². The van der Waals surface area contributed by atoms with Gasteiger partial charge in [0.2, 0.25) is 0 Å². The Morgan fingerprint density at radius 3 is 2.54 bits per heavy atom. The van der Waals surface area contributed by atoms with Crippen molar-refractivity contribution in [3.05, 3.63) is 47.7 Å². The summed E-state index contributed by atoms with van der Waals surface area (Å²) in [5.41, 5.74) is 0.742. The van der Waals surface area contributed by atoms with E-state index in [0.29, 0.717) is 0 Å². The van der Waals surface area contributed by atoms with Gasteiger partial charge in [-0.25, -0.2) is 9.59 Å². The molecule has 0 unspecified atom stereocenters. The van der Waals surface area contributed by atoms with Crippen LogP contribution in [0.15, 0.2) is 42.1 Å². The van der Waals surface area contributed by atoms with Gasteiger partial charge in [-0.2, -0.15) is 0 Å². The molecular formula is C15H18NO7P. The maximum atomic E-state index is 12.0. The summed E-state index contributed by atoms with van der Waals surface area (Å²) >= 11 is 0. The molecule has 0 aromatic heterocycles. The van der Waals surface area contributed by atoms with Crippen molar-refractivity contribution in [2.24, 2.45) is 0 Å². The Morgan fingerprint density at radius 1 is 1.25 bits per heavy atom. The Hall–Kier alpha value is -2.15. The van der Waals surface area contributed by atoms with Gasteiger partial charge in [-0.3, -0.25) is 9.88 Å². The van der Waals surface area contributed by atoms with E-state index in [1.165, 1.54) is 20.3 Å². The first-order chi connectivity index (χ1) is 11.5. The number of hydrogen-bond donors (Lipinski definition) is 1. The zero-order valence-electron chi connectivity index (χ0n) is 13.3. The van der Waals surface area contributed by atoms with Crippen molar-refractivity contribution in [1.82, 2.24) is 5.32 Å². The smallest absolute Gasteiger partial charge is 0.412 e. The number of amides is 1. The molecule has 0 saturated heterocycles. The van der Waals surface area contributed by atoms with Crippen molar-refractivity contribution < 1.29 is 32.7 Å².